The van der Waals surface area contributed by atoms with Crippen LogP contribution in [0, 0.1) is 0 Å². The predicted octanol–water partition coefficient (Wildman–Crippen LogP) is 4.70. The molecule has 24 heavy (non-hydrogen) atoms. The summed E-state index contributed by atoms with van der Waals surface area (Å²) >= 11 is 3.46. The first-order valence-corrected chi connectivity index (χ1v) is 8.30. The third kappa shape index (κ3) is 3.71. The Morgan fingerprint density at radius 3 is 2.58 bits per heavy atom. The van der Waals surface area contributed by atoms with Gasteiger partial charge in [-0.3, -0.25) is 0 Å². The molecule has 0 amide bonds. The number of fused-ring (bicyclic) bond motifs is 1. The lowest BCUT2D eigenvalue weighted by Crippen LogP contribution is -2.11. The normalized spacial score (nSPS) is 10.8. The van der Waals surface area contributed by atoms with Gasteiger partial charge in [-0.25, -0.2) is 14.8 Å². The van der Waals surface area contributed by atoms with Gasteiger partial charge < -0.3 is 10.1 Å². The van der Waals surface area contributed by atoms with Crippen molar-refractivity contribution < 1.29 is 9.53 Å². The molecule has 0 fully saturated rings. The summed E-state index contributed by atoms with van der Waals surface area (Å²) in [5, 5.41) is 4.17. The first-order chi connectivity index (χ1) is 11.5. The minimum Gasteiger partial charge on any atom is -0.459 e. The van der Waals surface area contributed by atoms with E-state index in [1.54, 1.807) is 12.1 Å². The van der Waals surface area contributed by atoms with E-state index in [1.807, 2.05) is 44.2 Å². The molecule has 0 aliphatic heterocycles. The molecular formula is C18H16BrN3O2. The maximum atomic E-state index is 11.9. The summed E-state index contributed by atoms with van der Waals surface area (Å²) in [4.78, 5) is 20.4. The number of hydrogen-bond acceptors (Lipinski definition) is 5. The van der Waals surface area contributed by atoms with Gasteiger partial charge in [-0.15, -0.1) is 0 Å². The van der Waals surface area contributed by atoms with E-state index in [1.165, 1.54) is 6.33 Å². The van der Waals surface area contributed by atoms with Gasteiger partial charge in [-0.2, -0.15) is 0 Å². The van der Waals surface area contributed by atoms with E-state index in [0.29, 0.717) is 11.4 Å². The van der Waals surface area contributed by atoms with Crippen LogP contribution in [-0.2, 0) is 4.74 Å². The average Bonchev–Trinajstić information content (AvgIpc) is 2.55. The van der Waals surface area contributed by atoms with Gasteiger partial charge in [0.1, 0.15) is 12.1 Å². The molecule has 1 heterocycles. The lowest BCUT2D eigenvalue weighted by atomic mass is 10.2. The smallest absolute Gasteiger partial charge is 0.338 e. The lowest BCUT2D eigenvalue weighted by molar-refractivity contribution is 0.0378. The molecule has 1 N–H and O–H groups in total. The lowest BCUT2D eigenvalue weighted by Gasteiger charge is -2.10. The highest BCUT2D eigenvalue weighted by atomic mass is 79.9. The Kier molecular flexibility index (Phi) is 4.76. The zero-order chi connectivity index (χ0) is 17.1. The highest BCUT2D eigenvalue weighted by Gasteiger charge is 2.09. The van der Waals surface area contributed by atoms with Crippen molar-refractivity contribution in [2.75, 3.05) is 5.32 Å². The van der Waals surface area contributed by atoms with Gasteiger partial charge in [0.2, 0.25) is 0 Å². The van der Waals surface area contributed by atoms with Crippen molar-refractivity contribution in [2.45, 2.75) is 20.0 Å². The van der Waals surface area contributed by atoms with Crippen LogP contribution in [0.3, 0.4) is 0 Å². The maximum absolute atomic E-state index is 11.9. The molecule has 122 valence electrons. The number of benzene rings is 2. The highest BCUT2D eigenvalue weighted by molar-refractivity contribution is 9.10. The molecular weight excluding hydrogens is 370 g/mol. The number of esters is 1. The molecule has 0 atom stereocenters. The number of ether oxygens (including phenoxy) is 1. The fraction of sp³-hybridized carbons (Fsp3) is 0.167. The summed E-state index contributed by atoms with van der Waals surface area (Å²) in [5.41, 5.74) is 2.20. The molecule has 3 aromatic rings. The van der Waals surface area contributed by atoms with Crippen molar-refractivity contribution in [3.8, 4) is 0 Å². The Morgan fingerprint density at radius 2 is 1.88 bits per heavy atom. The predicted molar refractivity (Wildman–Crippen MR) is 97.5 cm³/mol. The van der Waals surface area contributed by atoms with Gasteiger partial charge in [-0.05, 0) is 56.3 Å². The summed E-state index contributed by atoms with van der Waals surface area (Å²) in [6.45, 7) is 3.65. The quantitative estimate of drug-likeness (QED) is 0.659. The maximum Gasteiger partial charge on any atom is 0.338 e. The topological polar surface area (TPSA) is 64.1 Å². The van der Waals surface area contributed by atoms with Gasteiger partial charge >= 0.3 is 5.97 Å². The molecule has 6 heteroatoms. The fourth-order valence-electron chi connectivity index (χ4n) is 2.24. The Morgan fingerprint density at radius 1 is 1.12 bits per heavy atom. The zero-order valence-corrected chi connectivity index (χ0v) is 14.9. The number of nitrogens with one attached hydrogen (secondary N) is 1. The Bertz CT molecular complexity index is 879. The van der Waals surface area contributed by atoms with Crippen LogP contribution in [0.4, 0.5) is 11.5 Å². The fourth-order valence-corrected chi connectivity index (χ4v) is 2.60. The third-order valence-corrected chi connectivity index (χ3v) is 3.82. The standard InChI is InChI=1S/C18H16BrN3O2/c1-11(2)24-18(23)12-3-6-14(7-4-12)22-17-15-9-13(19)5-8-16(15)20-10-21-17/h3-11H,1-2H3,(H,20,21,22). The van der Waals surface area contributed by atoms with Crippen LogP contribution >= 0.6 is 15.9 Å². The van der Waals surface area contributed by atoms with Crippen LogP contribution in [0.15, 0.2) is 53.3 Å². The summed E-state index contributed by atoms with van der Waals surface area (Å²) in [5.74, 6) is 0.381. The first kappa shape index (κ1) is 16.4. The Labute approximate surface area is 148 Å². The summed E-state index contributed by atoms with van der Waals surface area (Å²) < 4.78 is 6.14. The number of rotatable bonds is 4. The number of hydrogen-bond donors (Lipinski definition) is 1. The van der Waals surface area contributed by atoms with E-state index in [2.05, 4.69) is 31.2 Å². The molecule has 0 spiro atoms. The summed E-state index contributed by atoms with van der Waals surface area (Å²) in [7, 11) is 0. The number of nitrogens with zero attached hydrogens (tertiary/aromatic N) is 2. The van der Waals surface area contributed by atoms with Gasteiger partial charge in [0.15, 0.2) is 0 Å². The summed E-state index contributed by atoms with van der Waals surface area (Å²) in [6, 6.07) is 12.9. The van der Waals surface area contributed by atoms with E-state index in [-0.39, 0.29) is 12.1 Å². The number of anilines is 2. The van der Waals surface area contributed by atoms with Crippen molar-refractivity contribution in [2.24, 2.45) is 0 Å². The van der Waals surface area contributed by atoms with Gasteiger partial charge in [0, 0.05) is 15.5 Å². The van der Waals surface area contributed by atoms with Crippen molar-refractivity contribution in [3.63, 3.8) is 0 Å². The number of aromatic nitrogens is 2. The van der Waals surface area contributed by atoms with Gasteiger partial charge in [0.25, 0.3) is 0 Å². The number of carbonyl (C=O) groups excluding carboxylic acids is 1. The average molecular weight is 386 g/mol. The van der Waals surface area contributed by atoms with Crippen LogP contribution in [-0.4, -0.2) is 22.0 Å². The second-order valence-corrected chi connectivity index (χ2v) is 6.46. The molecule has 1 aromatic heterocycles. The SMILES string of the molecule is CC(C)OC(=O)c1ccc(Nc2ncnc3ccc(Br)cc23)cc1. The van der Waals surface area contributed by atoms with Crippen LogP contribution in [0.25, 0.3) is 10.9 Å². The van der Waals surface area contributed by atoms with Crippen LogP contribution in [0.2, 0.25) is 0 Å². The highest BCUT2D eigenvalue weighted by Crippen LogP contribution is 2.26. The molecule has 5 nitrogen and oxygen atoms in total. The van der Waals surface area contributed by atoms with E-state index in [0.717, 1.165) is 21.1 Å². The first-order valence-electron chi connectivity index (χ1n) is 7.51. The molecule has 0 aliphatic carbocycles. The van der Waals surface area contributed by atoms with E-state index >= 15 is 0 Å². The third-order valence-electron chi connectivity index (χ3n) is 3.32. The van der Waals surface area contributed by atoms with Crippen molar-refractivity contribution in [1.82, 2.24) is 9.97 Å². The van der Waals surface area contributed by atoms with Gasteiger partial charge in [0.05, 0.1) is 17.2 Å². The van der Waals surface area contributed by atoms with Gasteiger partial charge in [-0.1, -0.05) is 15.9 Å². The molecule has 0 saturated carbocycles. The molecule has 0 radical (unpaired) electrons. The van der Waals surface area contributed by atoms with Crippen LogP contribution in [0.1, 0.15) is 24.2 Å². The second kappa shape index (κ2) is 6.97. The minimum atomic E-state index is -0.326. The molecule has 2 aromatic carbocycles. The second-order valence-electron chi connectivity index (χ2n) is 5.54. The summed E-state index contributed by atoms with van der Waals surface area (Å²) in [6.07, 6.45) is 1.38. The molecule has 3 rings (SSSR count). The van der Waals surface area contributed by atoms with E-state index in [4.69, 9.17) is 4.74 Å². The van der Waals surface area contributed by atoms with E-state index in [9.17, 15) is 4.79 Å². The molecule has 0 aliphatic rings. The zero-order valence-electron chi connectivity index (χ0n) is 13.3. The van der Waals surface area contributed by atoms with Crippen LogP contribution in [0.5, 0.6) is 0 Å². The Balaban J connectivity index is 1.84. The molecule has 0 bridgehead atoms. The Hall–Kier alpha value is -2.47. The number of carbonyl (C=O) groups is 1. The van der Waals surface area contributed by atoms with Crippen molar-refractivity contribution in [3.05, 3.63) is 58.8 Å². The van der Waals surface area contributed by atoms with Crippen molar-refractivity contribution in [1.29, 1.82) is 0 Å². The largest absolute Gasteiger partial charge is 0.459 e. The minimum absolute atomic E-state index is 0.138. The molecule has 0 unspecified atom stereocenters. The molecule has 0 saturated heterocycles. The van der Waals surface area contributed by atoms with Crippen molar-refractivity contribution >= 4 is 44.3 Å². The van der Waals surface area contributed by atoms with Crippen LogP contribution < -0.4 is 5.32 Å². The monoisotopic (exact) mass is 385 g/mol. The number of halogens is 1. The van der Waals surface area contributed by atoms with E-state index < -0.39 is 0 Å².